The first-order chi connectivity index (χ1) is 13.7. The van der Waals surface area contributed by atoms with Crippen LogP contribution in [0, 0.1) is 0 Å². The molecule has 0 saturated carbocycles. The summed E-state index contributed by atoms with van der Waals surface area (Å²) in [4.78, 5) is 15.2. The van der Waals surface area contributed by atoms with Gasteiger partial charge in [0, 0.05) is 17.9 Å². The number of hydrogen-bond donors (Lipinski definition) is 2. The molecule has 0 saturated heterocycles. The summed E-state index contributed by atoms with van der Waals surface area (Å²) in [5.41, 5.74) is 4.36. The number of aromatic nitrogens is 2. The van der Waals surface area contributed by atoms with Gasteiger partial charge in [-0.25, -0.2) is 18.1 Å². The molecule has 2 unspecified atom stereocenters. The fraction of sp³-hybridized carbons (Fsp3) is 0.412. The highest BCUT2D eigenvalue weighted by Crippen LogP contribution is 2.35. The summed E-state index contributed by atoms with van der Waals surface area (Å²) in [6, 6.07) is 7.50. The number of aliphatic hydroxyl groups excluding tert-OH is 1. The van der Waals surface area contributed by atoms with E-state index in [0.29, 0.717) is 4.57 Å². The predicted molar refractivity (Wildman–Crippen MR) is 100.0 cm³/mol. The Morgan fingerprint density at radius 1 is 1.31 bits per heavy atom. The Morgan fingerprint density at radius 2 is 1.97 bits per heavy atom. The lowest BCUT2D eigenvalue weighted by atomic mass is 10.0. The van der Waals surface area contributed by atoms with Gasteiger partial charge in [0.2, 0.25) is 0 Å². The van der Waals surface area contributed by atoms with Crippen LogP contribution in [0.5, 0.6) is 5.75 Å². The van der Waals surface area contributed by atoms with Gasteiger partial charge in [-0.3, -0.25) is 4.57 Å². The van der Waals surface area contributed by atoms with E-state index < -0.39 is 44.7 Å². The van der Waals surface area contributed by atoms with Gasteiger partial charge in [0.1, 0.15) is 30.7 Å². The minimum absolute atomic E-state index is 0.118. The molecule has 158 valence electrons. The quantitative estimate of drug-likeness (QED) is 0.547. The van der Waals surface area contributed by atoms with Crippen molar-refractivity contribution in [3.05, 3.63) is 53.1 Å². The van der Waals surface area contributed by atoms with Gasteiger partial charge in [-0.15, -0.1) is 4.52 Å². The van der Waals surface area contributed by atoms with Gasteiger partial charge in [-0.2, -0.15) is 4.98 Å². The number of ether oxygens (including phenoxy) is 1. The van der Waals surface area contributed by atoms with Crippen LogP contribution in [0.3, 0.4) is 0 Å². The van der Waals surface area contributed by atoms with Gasteiger partial charge in [-0.05, 0) is 25.1 Å². The van der Waals surface area contributed by atoms with Crippen molar-refractivity contribution in [2.75, 3.05) is 19.5 Å². The van der Waals surface area contributed by atoms with Crippen LogP contribution in [-0.4, -0.2) is 46.5 Å². The lowest BCUT2D eigenvalue weighted by molar-refractivity contribution is -0.185. The summed E-state index contributed by atoms with van der Waals surface area (Å²) in [6.45, 7) is 0.395. The summed E-state index contributed by atoms with van der Waals surface area (Å²) >= 11 is 0. The van der Waals surface area contributed by atoms with E-state index in [9.17, 15) is 23.2 Å². The zero-order valence-corrected chi connectivity index (χ0v) is 16.5. The lowest BCUT2D eigenvalue weighted by Gasteiger charge is -2.32. The van der Waals surface area contributed by atoms with E-state index in [1.165, 1.54) is 18.2 Å². The molecule has 2 rings (SSSR count). The molecule has 3 N–H and O–H groups in total. The molecular formula is C17H21F2N3O6P+. The minimum Gasteiger partial charge on any atom is -0.384 e. The van der Waals surface area contributed by atoms with Crippen molar-refractivity contribution >= 4 is 14.1 Å². The first-order valence-electron chi connectivity index (χ1n) is 8.43. The number of halogens is 2. The number of methoxy groups -OCH3 is 1. The summed E-state index contributed by atoms with van der Waals surface area (Å²) < 4.78 is 56.8. The summed E-state index contributed by atoms with van der Waals surface area (Å²) in [5, 5.41) is 10.2. The molecule has 9 nitrogen and oxygen atoms in total. The highest BCUT2D eigenvalue weighted by molar-refractivity contribution is 7.33. The maximum Gasteiger partial charge on any atom is 0.750 e. The molecule has 1 aromatic heterocycles. The van der Waals surface area contributed by atoms with Crippen molar-refractivity contribution in [3.8, 4) is 5.75 Å². The van der Waals surface area contributed by atoms with E-state index in [1.807, 2.05) is 0 Å². The standard InChI is InChI=1S/C17H20F2N3O6P/c1-11(22-9-8-14(20)21-16(22)24)17(18,19)15(23)13(26-2)10-27-29(25)28-12-6-4-3-5-7-12/h3-9,11,13,15,23H,10H2,1-2H3,(H-,20,21,24)/p+1/t11-,13?,15+/m1/s1. The molecular weight excluding hydrogens is 411 g/mol. The SMILES string of the molecule is COC(CO[P+](=O)Oc1ccccc1)[C@H](O)C(F)(F)[C@@H](C)n1ccc(N)nc1=O. The van der Waals surface area contributed by atoms with Gasteiger partial charge < -0.3 is 15.6 Å². The van der Waals surface area contributed by atoms with Gasteiger partial charge in [0.15, 0.2) is 5.75 Å². The molecule has 0 amide bonds. The highest BCUT2D eigenvalue weighted by atomic mass is 31.1. The smallest absolute Gasteiger partial charge is 0.384 e. The molecule has 0 radical (unpaired) electrons. The maximum atomic E-state index is 14.8. The molecule has 0 fully saturated rings. The summed E-state index contributed by atoms with van der Waals surface area (Å²) in [6.07, 6.45) is -2.88. The van der Waals surface area contributed by atoms with Gasteiger partial charge in [-0.1, -0.05) is 18.2 Å². The zero-order valence-electron chi connectivity index (χ0n) is 15.6. The largest absolute Gasteiger partial charge is 0.750 e. The average molecular weight is 432 g/mol. The van der Waals surface area contributed by atoms with Crippen molar-refractivity contribution < 1.29 is 32.2 Å². The normalized spacial score (nSPS) is 15.4. The fourth-order valence-corrected chi connectivity index (χ4v) is 3.03. The van der Waals surface area contributed by atoms with Crippen LogP contribution in [0.15, 0.2) is 47.4 Å². The molecule has 2 aromatic rings. The Bertz CT molecular complexity index is 883. The summed E-state index contributed by atoms with van der Waals surface area (Å²) in [5.74, 6) is -3.68. The number of rotatable bonds is 10. The Labute approximate surface area is 166 Å². The average Bonchev–Trinajstić information content (AvgIpc) is 2.68. The second-order valence-corrected chi connectivity index (χ2v) is 6.92. The molecule has 0 bridgehead atoms. The molecule has 0 aliphatic carbocycles. The second-order valence-electron chi connectivity index (χ2n) is 6.04. The number of nitrogens with two attached hydrogens (primary N) is 1. The van der Waals surface area contributed by atoms with Crippen molar-refractivity contribution in [2.45, 2.75) is 31.1 Å². The highest BCUT2D eigenvalue weighted by Gasteiger charge is 2.50. The number of nitrogen functional groups attached to an aromatic ring is 1. The van der Waals surface area contributed by atoms with Crippen LogP contribution >= 0.6 is 8.25 Å². The van der Waals surface area contributed by atoms with Gasteiger partial charge in [0.05, 0.1) is 0 Å². The van der Waals surface area contributed by atoms with Crippen LogP contribution in [0.4, 0.5) is 14.6 Å². The predicted octanol–water partition coefficient (Wildman–Crippen LogP) is 2.15. The number of anilines is 1. The van der Waals surface area contributed by atoms with E-state index in [-0.39, 0.29) is 11.6 Å². The van der Waals surface area contributed by atoms with Crippen LogP contribution in [0.25, 0.3) is 0 Å². The second kappa shape index (κ2) is 9.84. The number of hydrogen-bond acceptors (Lipinski definition) is 8. The topological polar surface area (TPSA) is 126 Å². The minimum atomic E-state index is -3.82. The number of alkyl halides is 2. The third-order valence-corrected chi connectivity index (χ3v) is 4.86. The number of nitrogens with zero attached hydrogens (tertiary/aromatic N) is 2. The van der Waals surface area contributed by atoms with Crippen LogP contribution < -0.4 is 15.9 Å². The first-order valence-corrected chi connectivity index (χ1v) is 9.53. The maximum absolute atomic E-state index is 14.8. The number of aliphatic hydroxyl groups is 1. The third-order valence-electron chi connectivity index (χ3n) is 4.14. The molecule has 0 aliphatic heterocycles. The van der Waals surface area contributed by atoms with Crippen molar-refractivity contribution in [2.24, 2.45) is 0 Å². The van der Waals surface area contributed by atoms with Gasteiger partial charge in [0.25, 0.3) is 5.92 Å². The monoisotopic (exact) mass is 432 g/mol. The molecule has 0 aliphatic rings. The fourth-order valence-electron chi connectivity index (χ4n) is 2.42. The van der Waals surface area contributed by atoms with Crippen molar-refractivity contribution in [1.29, 1.82) is 0 Å². The van der Waals surface area contributed by atoms with Crippen molar-refractivity contribution in [1.82, 2.24) is 9.55 Å². The van der Waals surface area contributed by atoms with E-state index in [2.05, 4.69) is 4.98 Å². The number of para-hydroxylation sites is 1. The van der Waals surface area contributed by atoms with Crippen LogP contribution in [-0.2, 0) is 13.8 Å². The van der Waals surface area contributed by atoms with E-state index in [1.54, 1.807) is 18.2 Å². The molecule has 1 heterocycles. The zero-order chi connectivity index (χ0) is 21.6. The molecule has 4 atom stereocenters. The van der Waals surface area contributed by atoms with E-state index in [0.717, 1.165) is 20.2 Å². The Hall–Kier alpha value is -2.46. The molecule has 29 heavy (non-hydrogen) atoms. The van der Waals surface area contributed by atoms with Crippen molar-refractivity contribution in [3.63, 3.8) is 0 Å². The van der Waals surface area contributed by atoms with E-state index >= 15 is 0 Å². The Balaban J connectivity index is 2.05. The first kappa shape index (κ1) is 22.8. The van der Waals surface area contributed by atoms with Crippen LogP contribution in [0.2, 0.25) is 0 Å². The van der Waals surface area contributed by atoms with Gasteiger partial charge >= 0.3 is 13.9 Å². The lowest BCUT2D eigenvalue weighted by Crippen LogP contribution is -2.51. The molecule has 12 heteroatoms. The third kappa shape index (κ3) is 5.77. The summed E-state index contributed by atoms with van der Waals surface area (Å²) in [7, 11) is -1.61. The molecule has 1 aromatic carbocycles. The molecule has 0 spiro atoms. The Morgan fingerprint density at radius 3 is 2.55 bits per heavy atom. The van der Waals surface area contributed by atoms with E-state index in [4.69, 9.17) is 19.5 Å². The van der Waals surface area contributed by atoms with Crippen LogP contribution in [0.1, 0.15) is 13.0 Å². The Kier molecular flexibility index (Phi) is 7.74. The number of benzene rings is 1.